The lowest BCUT2D eigenvalue weighted by molar-refractivity contribution is -0.128. The Balaban J connectivity index is 0.00000176. The van der Waals surface area contributed by atoms with Crippen LogP contribution in [0.15, 0.2) is 24.3 Å². The van der Waals surface area contributed by atoms with Gasteiger partial charge in [0.05, 0.1) is 0 Å². The molecule has 0 heterocycles. The van der Waals surface area contributed by atoms with Crippen molar-refractivity contribution in [1.82, 2.24) is 5.32 Å². The van der Waals surface area contributed by atoms with Crippen LogP contribution < -0.4 is 11.1 Å². The molecule has 4 heteroatoms. The minimum Gasteiger partial charge on any atom is -0.352 e. The molecule has 2 unspecified atom stereocenters. The second-order valence-electron chi connectivity index (χ2n) is 6.84. The largest absolute Gasteiger partial charge is 0.352 e. The van der Waals surface area contributed by atoms with Gasteiger partial charge in [-0.15, -0.1) is 12.4 Å². The lowest BCUT2D eigenvalue weighted by atomic mass is 9.65. The number of hydrogen-bond acceptors (Lipinski definition) is 2. The van der Waals surface area contributed by atoms with Crippen molar-refractivity contribution in [3.63, 3.8) is 0 Å². The summed E-state index contributed by atoms with van der Waals surface area (Å²) in [6, 6.07) is 8.56. The van der Waals surface area contributed by atoms with Gasteiger partial charge in [0.1, 0.15) is 0 Å². The van der Waals surface area contributed by atoms with Crippen LogP contribution in [0.3, 0.4) is 0 Å². The topological polar surface area (TPSA) is 55.1 Å². The SMILES string of the molecule is Cc1ccccc1CNC(=O)C1CC2CCCC(C1)C2N.Cl. The van der Waals surface area contributed by atoms with E-state index < -0.39 is 0 Å². The summed E-state index contributed by atoms with van der Waals surface area (Å²) in [5.74, 6) is 1.52. The fraction of sp³-hybridized carbons (Fsp3) is 0.611. The number of halogens is 1. The number of rotatable bonds is 3. The maximum absolute atomic E-state index is 12.5. The van der Waals surface area contributed by atoms with Crippen molar-refractivity contribution in [2.45, 2.75) is 51.6 Å². The van der Waals surface area contributed by atoms with Gasteiger partial charge in [0.2, 0.25) is 5.91 Å². The lowest BCUT2D eigenvalue weighted by Gasteiger charge is -2.43. The highest BCUT2D eigenvalue weighted by Gasteiger charge is 2.40. The Hall–Kier alpha value is -1.06. The summed E-state index contributed by atoms with van der Waals surface area (Å²) in [4.78, 5) is 12.5. The molecule has 0 saturated heterocycles. The van der Waals surface area contributed by atoms with Crippen molar-refractivity contribution in [3.8, 4) is 0 Å². The summed E-state index contributed by atoms with van der Waals surface area (Å²) in [6.45, 7) is 2.73. The van der Waals surface area contributed by atoms with Gasteiger partial charge < -0.3 is 11.1 Å². The normalized spacial score (nSPS) is 30.3. The second kappa shape index (κ2) is 7.47. The van der Waals surface area contributed by atoms with Crippen LogP contribution in [-0.2, 0) is 11.3 Å². The first-order valence-corrected chi connectivity index (χ1v) is 8.23. The van der Waals surface area contributed by atoms with Crippen LogP contribution in [0.5, 0.6) is 0 Å². The van der Waals surface area contributed by atoms with Crippen molar-refractivity contribution in [2.24, 2.45) is 23.5 Å². The molecule has 0 radical (unpaired) electrons. The van der Waals surface area contributed by atoms with Crippen LogP contribution in [0.1, 0.15) is 43.2 Å². The van der Waals surface area contributed by atoms with Crippen LogP contribution in [0.2, 0.25) is 0 Å². The predicted octanol–water partition coefficient (Wildman–Crippen LogP) is 3.19. The zero-order valence-corrected chi connectivity index (χ0v) is 14.1. The van der Waals surface area contributed by atoms with Gasteiger partial charge in [-0.05, 0) is 55.6 Å². The van der Waals surface area contributed by atoms with Crippen LogP contribution in [0.25, 0.3) is 0 Å². The first-order chi connectivity index (χ1) is 10.1. The van der Waals surface area contributed by atoms with E-state index in [2.05, 4.69) is 24.4 Å². The molecule has 1 aromatic carbocycles. The Morgan fingerprint density at radius 3 is 2.50 bits per heavy atom. The van der Waals surface area contributed by atoms with Gasteiger partial charge in [0, 0.05) is 18.5 Å². The van der Waals surface area contributed by atoms with E-state index in [1.807, 2.05) is 12.1 Å². The van der Waals surface area contributed by atoms with E-state index in [9.17, 15) is 4.79 Å². The summed E-state index contributed by atoms with van der Waals surface area (Å²) in [5.41, 5.74) is 8.74. The van der Waals surface area contributed by atoms with E-state index in [-0.39, 0.29) is 24.2 Å². The van der Waals surface area contributed by atoms with Crippen molar-refractivity contribution >= 4 is 18.3 Å². The number of nitrogens with two attached hydrogens (primary N) is 1. The molecule has 2 fully saturated rings. The smallest absolute Gasteiger partial charge is 0.223 e. The molecule has 22 heavy (non-hydrogen) atoms. The number of nitrogens with one attached hydrogen (secondary N) is 1. The zero-order valence-electron chi connectivity index (χ0n) is 13.3. The molecular weight excluding hydrogens is 296 g/mol. The van der Waals surface area contributed by atoms with Crippen molar-refractivity contribution < 1.29 is 4.79 Å². The van der Waals surface area contributed by atoms with Crippen molar-refractivity contribution in [2.75, 3.05) is 0 Å². The molecule has 0 aliphatic heterocycles. The van der Waals surface area contributed by atoms with Gasteiger partial charge >= 0.3 is 0 Å². The number of aryl methyl sites for hydroxylation is 1. The fourth-order valence-electron chi connectivity index (χ4n) is 4.14. The number of carbonyl (C=O) groups is 1. The first kappa shape index (κ1) is 17.3. The molecule has 1 amide bonds. The molecule has 1 aromatic rings. The number of carbonyl (C=O) groups excluding carboxylic acids is 1. The average Bonchev–Trinajstić information content (AvgIpc) is 2.46. The van der Waals surface area contributed by atoms with E-state index in [1.54, 1.807) is 0 Å². The fourth-order valence-corrected chi connectivity index (χ4v) is 4.14. The van der Waals surface area contributed by atoms with E-state index in [1.165, 1.54) is 30.4 Å². The standard InChI is InChI=1S/C18H26N2O.ClH/c1-12-5-2-3-6-15(12)11-20-18(21)16-9-13-7-4-8-14(10-16)17(13)19;/h2-3,5-6,13-14,16-17H,4,7-11,19H2,1H3,(H,20,21);1H. The quantitative estimate of drug-likeness (QED) is 0.898. The molecular formula is C18H27ClN2O. The minimum atomic E-state index is 0. The van der Waals surface area contributed by atoms with E-state index in [0.29, 0.717) is 24.4 Å². The van der Waals surface area contributed by atoms with Crippen LogP contribution in [0.4, 0.5) is 0 Å². The first-order valence-electron chi connectivity index (χ1n) is 8.23. The van der Waals surface area contributed by atoms with E-state index >= 15 is 0 Å². The monoisotopic (exact) mass is 322 g/mol. The Kier molecular flexibility index (Phi) is 5.87. The third kappa shape index (κ3) is 3.64. The van der Waals surface area contributed by atoms with E-state index in [0.717, 1.165) is 12.8 Å². The number of fused-ring (bicyclic) bond motifs is 2. The van der Waals surface area contributed by atoms with Gasteiger partial charge in [-0.2, -0.15) is 0 Å². The molecule has 3 nitrogen and oxygen atoms in total. The Morgan fingerprint density at radius 1 is 1.23 bits per heavy atom. The van der Waals surface area contributed by atoms with Gasteiger partial charge in [-0.25, -0.2) is 0 Å². The van der Waals surface area contributed by atoms with Crippen LogP contribution in [0, 0.1) is 24.7 Å². The van der Waals surface area contributed by atoms with Gasteiger partial charge in [0.25, 0.3) is 0 Å². The Morgan fingerprint density at radius 2 is 1.86 bits per heavy atom. The highest BCUT2D eigenvalue weighted by Crippen LogP contribution is 2.41. The molecule has 0 spiro atoms. The van der Waals surface area contributed by atoms with Gasteiger partial charge in [-0.1, -0.05) is 30.7 Å². The van der Waals surface area contributed by atoms with E-state index in [4.69, 9.17) is 5.73 Å². The molecule has 2 bridgehead atoms. The highest BCUT2D eigenvalue weighted by molar-refractivity contribution is 5.85. The zero-order chi connectivity index (χ0) is 14.8. The molecule has 2 aliphatic carbocycles. The molecule has 122 valence electrons. The van der Waals surface area contributed by atoms with Crippen molar-refractivity contribution in [1.29, 1.82) is 0 Å². The average molecular weight is 323 g/mol. The van der Waals surface area contributed by atoms with Crippen LogP contribution in [-0.4, -0.2) is 11.9 Å². The lowest BCUT2D eigenvalue weighted by Crippen LogP contribution is -2.49. The molecule has 3 rings (SSSR count). The molecule has 3 N–H and O–H groups in total. The maximum Gasteiger partial charge on any atom is 0.223 e. The number of hydrogen-bond donors (Lipinski definition) is 2. The molecule has 2 atom stereocenters. The maximum atomic E-state index is 12.5. The summed E-state index contributed by atoms with van der Waals surface area (Å²) < 4.78 is 0. The molecule has 0 aromatic heterocycles. The number of benzene rings is 1. The molecule has 2 aliphatic rings. The van der Waals surface area contributed by atoms with Gasteiger partial charge in [0.15, 0.2) is 0 Å². The van der Waals surface area contributed by atoms with Crippen molar-refractivity contribution in [3.05, 3.63) is 35.4 Å². The molecule has 2 saturated carbocycles. The predicted molar refractivity (Wildman–Crippen MR) is 91.8 cm³/mol. The summed E-state index contributed by atoms with van der Waals surface area (Å²) in [5, 5.41) is 3.13. The van der Waals surface area contributed by atoms with Gasteiger partial charge in [-0.3, -0.25) is 4.79 Å². The third-order valence-corrected chi connectivity index (χ3v) is 5.50. The minimum absolute atomic E-state index is 0. The summed E-state index contributed by atoms with van der Waals surface area (Å²) in [7, 11) is 0. The summed E-state index contributed by atoms with van der Waals surface area (Å²) in [6.07, 6.45) is 5.67. The Labute approximate surface area is 139 Å². The second-order valence-corrected chi connectivity index (χ2v) is 6.84. The number of amides is 1. The highest BCUT2D eigenvalue weighted by atomic mass is 35.5. The third-order valence-electron chi connectivity index (χ3n) is 5.50. The summed E-state index contributed by atoms with van der Waals surface area (Å²) >= 11 is 0. The Bertz CT molecular complexity index is 506. The van der Waals surface area contributed by atoms with Crippen LogP contribution >= 0.6 is 12.4 Å².